The number of aliphatic hydroxyl groups is 1. The average molecular weight is 690 g/mol. The molecular weight excluding hydrogens is 651 g/mol. The number of carboxylic acid groups (broad SMARTS) is 1. The van der Waals surface area contributed by atoms with Crippen LogP contribution in [0.25, 0.3) is 11.1 Å². The van der Waals surface area contributed by atoms with Gasteiger partial charge >= 0.3 is 12.0 Å². The van der Waals surface area contributed by atoms with Gasteiger partial charge in [-0.2, -0.15) is 0 Å². The van der Waals surface area contributed by atoms with Crippen molar-refractivity contribution in [2.24, 2.45) is 5.92 Å². The molecule has 10 heteroatoms. The molecule has 5 aromatic rings. The Hall–Kier alpha value is -5.00. The molecule has 2 heterocycles. The van der Waals surface area contributed by atoms with E-state index in [9.17, 15) is 19.8 Å². The van der Waals surface area contributed by atoms with Crippen LogP contribution >= 0.6 is 11.8 Å². The van der Waals surface area contributed by atoms with Crippen LogP contribution in [0.1, 0.15) is 57.5 Å². The summed E-state index contributed by atoms with van der Waals surface area (Å²) < 4.78 is 13.3. The summed E-state index contributed by atoms with van der Waals surface area (Å²) in [5.41, 5.74) is 6.72. The van der Waals surface area contributed by atoms with E-state index < -0.39 is 12.3 Å². The summed E-state index contributed by atoms with van der Waals surface area (Å²) in [7, 11) is 0. The summed E-state index contributed by atoms with van der Waals surface area (Å²) in [6.07, 6.45) is 0.284. The molecule has 0 bridgehead atoms. The van der Waals surface area contributed by atoms with Crippen molar-refractivity contribution in [3.05, 3.63) is 155 Å². The number of rotatable bonds is 12. The first kappa shape index (κ1) is 34.8. The Balaban J connectivity index is 1.19. The molecule has 50 heavy (non-hydrogen) atoms. The van der Waals surface area contributed by atoms with Crippen LogP contribution in [-0.2, 0) is 29.2 Å². The summed E-state index contributed by atoms with van der Waals surface area (Å²) in [5.74, 6) is -0.630. The molecule has 0 radical (unpaired) electrons. The third-order valence-corrected chi connectivity index (χ3v) is 9.77. The lowest BCUT2D eigenvalue weighted by Crippen LogP contribution is -2.38. The molecule has 1 aliphatic rings. The average Bonchev–Trinajstić information content (AvgIpc) is 3.16. The van der Waals surface area contributed by atoms with Crippen LogP contribution in [0.3, 0.4) is 0 Å². The highest BCUT2D eigenvalue weighted by Gasteiger charge is 2.38. The lowest BCUT2D eigenvalue weighted by molar-refractivity contribution is -0.268. The highest BCUT2D eigenvalue weighted by Crippen LogP contribution is 2.43. The number of hydrogen-bond donors (Lipinski definition) is 4. The summed E-state index contributed by atoms with van der Waals surface area (Å²) in [4.78, 5) is 28.6. The highest BCUT2D eigenvalue weighted by atomic mass is 32.2. The molecule has 0 spiro atoms. The van der Waals surface area contributed by atoms with E-state index in [0.717, 1.165) is 38.9 Å². The Kier molecular flexibility index (Phi) is 11.6. The molecule has 4 N–H and O–H groups in total. The van der Waals surface area contributed by atoms with Gasteiger partial charge < -0.3 is 30.3 Å². The van der Waals surface area contributed by atoms with Gasteiger partial charge in [0.25, 0.3) is 0 Å². The molecule has 0 unspecified atom stereocenters. The van der Waals surface area contributed by atoms with E-state index in [1.54, 1.807) is 18.3 Å². The van der Waals surface area contributed by atoms with Crippen LogP contribution in [-0.4, -0.2) is 39.1 Å². The number of ether oxygens (including phenoxy) is 2. The monoisotopic (exact) mass is 689 g/mol. The van der Waals surface area contributed by atoms with Gasteiger partial charge in [-0.15, -0.1) is 11.8 Å². The number of aromatic nitrogens is 1. The Morgan fingerprint density at radius 2 is 1.46 bits per heavy atom. The lowest BCUT2D eigenvalue weighted by atomic mass is 9.91. The van der Waals surface area contributed by atoms with Crippen molar-refractivity contribution in [1.82, 2.24) is 15.6 Å². The SMILES string of the molecule is C[C@@H]1[C@H](CSc2ncccc2C(=O)O)O[C@H](c2cccc(-c3cccc(CNC(=O)NCc4ccccc4)c3)c2)O[C@@H]1c1ccc(CO)cc1. The maximum Gasteiger partial charge on any atom is 0.338 e. The summed E-state index contributed by atoms with van der Waals surface area (Å²) in [6.45, 7) is 2.84. The van der Waals surface area contributed by atoms with Crippen LogP contribution in [0, 0.1) is 5.92 Å². The van der Waals surface area contributed by atoms with E-state index in [1.807, 2.05) is 91.0 Å². The first-order chi connectivity index (χ1) is 24.4. The van der Waals surface area contributed by atoms with Crippen LogP contribution in [0.2, 0.25) is 0 Å². The van der Waals surface area contributed by atoms with Crippen LogP contribution < -0.4 is 10.6 Å². The standard InChI is InChI=1S/C40H39N3O6S/c1-26-35(25-50-37-34(38(45)46)14-7-19-41-37)48-39(49-36(26)30-17-15-28(24-44)16-18-30)33-13-6-12-32(21-33)31-11-5-10-29(20-31)23-43-40(47)42-22-27-8-3-2-4-9-27/h2-21,26,35-36,39,44H,22-25H2,1H3,(H,45,46)(H2,42,43,47)/t26-,35+,36+,39+/m1/s1. The Morgan fingerprint density at radius 1 is 0.760 bits per heavy atom. The zero-order valence-corrected chi connectivity index (χ0v) is 28.4. The zero-order valence-electron chi connectivity index (χ0n) is 27.6. The number of pyridine rings is 1. The molecule has 256 valence electrons. The van der Waals surface area contributed by atoms with Crippen molar-refractivity contribution in [2.45, 2.75) is 50.1 Å². The fraction of sp³-hybridized carbons (Fsp3) is 0.225. The number of aromatic carboxylic acids is 1. The smallest absolute Gasteiger partial charge is 0.338 e. The maximum atomic E-state index is 12.5. The molecule has 6 rings (SSSR count). The maximum absolute atomic E-state index is 12.5. The second-order valence-corrected chi connectivity index (χ2v) is 13.2. The first-order valence-corrected chi connectivity index (χ1v) is 17.4. The van der Waals surface area contributed by atoms with Crippen LogP contribution in [0.4, 0.5) is 4.79 Å². The van der Waals surface area contributed by atoms with Crippen molar-refractivity contribution in [2.75, 3.05) is 5.75 Å². The quantitative estimate of drug-likeness (QED) is 0.0991. The van der Waals surface area contributed by atoms with Crippen LogP contribution in [0.5, 0.6) is 0 Å². The number of benzene rings is 4. The fourth-order valence-corrected chi connectivity index (χ4v) is 7.04. The molecule has 2 amide bonds. The Bertz CT molecular complexity index is 1910. The zero-order chi connectivity index (χ0) is 34.9. The summed E-state index contributed by atoms with van der Waals surface area (Å²) >= 11 is 1.36. The number of urea groups is 1. The Labute approximate surface area is 295 Å². The fourth-order valence-electron chi connectivity index (χ4n) is 5.89. The minimum absolute atomic E-state index is 0.0478. The van der Waals surface area contributed by atoms with Gasteiger partial charge in [-0.3, -0.25) is 0 Å². The van der Waals surface area contributed by atoms with E-state index in [1.165, 1.54) is 11.8 Å². The number of aliphatic hydroxyl groups excluding tert-OH is 1. The first-order valence-electron chi connectivity index (χ1n) is 16.4. The summed E-state index contributed by atoms with van der Waals surface area (Å²) in [5, 5.41) is 25.5. The molecule has 4 atom stereocenters. The lowest BCUT2D eigenvalue weighted by Gasteiger charge is -2.41. The normalized spacial score (nSPS) is 18.7. The topological polar surface area (TPSA) is 130 Å². The molecule has 1 aromatic heterocycles. The molecule has 1 fully saturated rings. The van der Waals surface area contributed by atoms with E-state index in [4.69, 9.17) is 9.47 Å². The van der Waals surface area contributed by atoms with Crippen molar-refractivity contribution in [3.63, 3.8) is 0 Å². The third-order valence-electron chi connectivity index (χ3n) is 8.68. The van der Waals surface area contributed by atoms with Gasteiger partial charge in [-0.05, 0) is 57.6 Å². The van der Waals surface area contributed by atoms with Gasteiger partial charge in [-0.25, -0.2) is 14.6 Å². The Morgan fingerprint density at radius 3 is 2.20 bits per heavy atom. The molecule has 1 aliphatic heterocycles. The van der Waals surface area contributed by atoms with Crippen LogP contribution in [0.15, 0.2) is 126 Å². The third kappa shape index (κ3) is 8.77. The van der Waals surface area contributed by atoms with Crippen molar-refractivity contribution in [1.29, 1.82) is 0 Å². The van der Waals surface area contributed by atoms with E-state index in [-0.39, 0.29) is 36.3 Å². The molecule has 0 aliphatic carbocycles. The van der Waals surface area contributed by atoms with E-state index >= 15 is 0 Å². The van der Waals surface area contributed by atoms with E-state index in [2.05, 4.69) is 34.7 Å². The number of carbonyl (C=O) groups excluding carboxylic acids is 1. The van der Waals surface area contributed by atoms with Gasteiger partial charge in [0.05, 0.1) is 24.4 Å². The number of thioether (sulfide) groups is 1. The number of nitrogens with one attached hydrogen (secondary N) is 2. The minimum atomic E-state index is -1.02. The van der Waals surface area contributed by atoms with Crippen molar-refractivity contribution < 1.29 is 29.3 Å². The van der Waals surface area contributed by atoms with Gasteiger partial charge in [-0.1, -0.05) is 97.9 Å². The second-order valence-electron chi connectivity index (χ2n) is 12.1. The van der Waals surface area contributed by atoms with Gasteiger partial charge in [0, 0.05) is 36.5 Å². The number of hydrogen-bond acceptors (Lipinski definition) is 7. The number of amides is 2. The minimum Gasteiger partial charge on any atom is -0.478 e. The number of carboxylic acids is 1. The molecule has 4 aromatic carbocycles. The molecule has 9 nitrogen and oxygen atoms in total. The highest BCUT2D eigenvalue weighted by molar-refractivity contribution is 7.99. The number of carbonyl (C=O) groups is 2. The van der Waals surface area contributed by atoms with Gasteiger partial charge in [0.15, 0.2) is 6.29 Å². The largest absolute Gasteiger partial charge is 0.478 e. The van der Waals surface area contributed by atoms with Crippen molar-refractivity contribution >= 4 is 23.8 Å². The molecular formula is C40H39N3O6S. The predicted octanol–water partition coefficient (Wildman–Crippen LogP) is 7.52. The predicted molar refractivity (Wildman–Crippen MR) is 192 cm³/mol. The molecule has 0 saturated carbocycles. The van der Waals surface area contributed by atoms with Crippen molar-refractivity contribution in [3.8, 4) is 11.1 Å². The van der Waals surface area contributed by atoms with Gasteiger partial charge in [0.2, 0.25) is 0 Å². The van der Waals surface area contributed by atoms with Gasteiger partial charge in [0.1, 0.15) is 5.03 Å². The molecule has 1 saturated heterocycles. The van der Waals surface area contributed by atoms with E-state index in [0.29, 0.717) is 23.9 Å². The second kappa shape index (κ2) is 16.6. The summed E-state index contributed by atoms with van der Waals surface area (Å²) in [6, 6.07) is 36.5. The number of nitrogens with zero attached hydrogens (tertiary/aromatic N) is 1.